The van der Waals surface area contributed by atoms with Crippen LogP contribution in [0.1, 0.15) is 17.8 Å². The molecule has 0 atom stereocenters. The van der Waals surface area contributed by atoms with Gasteiger partial charge in [0.25, 0.3) is 0 Å². The van der Waals surface area contributed by atoms with Crippen LogP contribution in [-0.4, -0.2) is 11.1 Å². The van der Waals surface area contributed by atoms with Crippen molar-refractivity contribution < 1.29 is 9.90 Å². The van der Waals surface area contributed by atoms with E-state index in [1.807, 2.05) is 0 Å². The van der Waals surface area contributed by atoms with Gasteiger partial charge in [0.05, 0.1) is 5.56 Å². The average Bonchev–Trinajstić information content (AvgIpc) is 1.90. The van der Waals surface area contributed by atoms with E-state index in [1.165, 1.54) is 0 Å². The number of carbonyl (C=O) groups is 1. The van der Waals surface area contributed by atoms with Crippen molar-refractivity contribution in [2.24, 2.45) is 0 Å². The van der Waals surface area contributed by atoms with Gasteiger partial charge >= 0.3 is 5.97 Å². The van der Waals surface area contributed by atoms with Crippen LogP contribution < -0.4 is 6.15 Å². The monoisotopic (exact) mass is 155 g/mol. The van der Waals surface area contributed by atoms with Gasteiger partial charge in [-0.1, -0.05) is 25.6 Å². The molecule has 0 aliphatic carbocycles. The first kappa shape index (κ1) is 12.3. The minimum absolute atomic E-state index is 0. The van der Waals surface area contributed by atoms with E-state index in [-0.39, 0.29) is 13.6 Å². The molecule has 0 aliphatic heterocycles. The maximum Gasteiger partial charge on any atom is 0.335 e. The zero-order valence-electron chi connectivity index (χ0n) is 5.45. The van der Waals surface area contributed by atoms with Crippen LogP contribution in [0, 0.1) is 0 Å². The molecule has 0 heterocycles. The molecule has 0 unspecified atom stereocenters. The fourth-order valence-corrected chi connectivity index (χ4v) is 0.581. The number of hydrogen-bond acceptors (Lipinski definition) is 2. The first-order valence-electron chi connectivity index (χ1n) is 2.59. The summed E-state index contributed by atoms with van der Waals surface area (Å²) in [5, 5.41) is 8.38. The van der Waals surface area contributed by atoms with Crippen LogP contribution in [-0.2, 0) is 0 Å². The van der Waals surface area contributed by atoms with Crippen molar-refractivity contribution in [2.75, 3.05) is 0 Å². The Balaban J connectivity index is 0. The summed E-state index contributed by atoms with van der Waals surface area (Å²) in [7, 11) is 0. The van der Waals surface area contributed by atoms with E-state index in [1.54, 1.807) is 30.3 Å². The van der Waals surface area contributed by atoms with Gasteiger partial charge in [0.15, 0.2) is 0 Å². The Morgan fingerprint density at radius 2 is 1.64 bits per heavy atom. The maximum atomic E-state index is 10.2. The molecule has 0 saturated carbocycles. The van der Waals surface area contributed by atoms with Crippen LogP contribution in [0.25, 0.3) is 0 Å². The fourth-order valence-electron chi connectivity index (χ4n) is 0.581. The summed E-state index contributed by atoms with van der Waals surface area (Å²) in [6.45, 7) is 0. The molecule has 1 rings (SSSR count). The van der Waals surface area contributed by atoms with Crippen LogP contribution >= 0.6 is 0 Å². The summed E-state index contributed by atoms with van der Waals surface area (Å²) < 4.78 is 0. The zero-order chi connectivity index (χ0) is 6.69. The molecule has 0 spiro atoms. The molecule has 0 saturated heterocycles. The van der Waals surface area contributed by atoms with Crippen molar-refractivity contribution in [1.82, 2.24) is 6.15 Å². The van der Waals surface area contributed by atoms with Gasteiger partial charge in [-0.05, 0) is 12.1 Å². The van der Waals surface area contributed by atoms with E-state index < -0.39 is 5.97 Å². The summed E-state index contributed by atoms with van der Waals surface area (Å²) in [5.41, 5.74) is 0.331. The highest BCUT2D eigenvalue weighted by molar-refractivity contribution is 5.87. The number of aromatic carboxylic acids is 1. The Kier molecular flexibility index (Phi) is 6.10. The smallest absolute Gasteiger partial charge is 0.335 e. The van der Waals surface area contributed by atoms with Crippen molar-refractivity contribution >= 4 is 5.97 Å². The predicted octanol–water partition coefficient (Wildman–Crippen LogP) is 2.18. The van der Waals surface area contributed by atoms with Gasteiger partial charge in [0, 0.05) is 0 Å². The van der Waals surface area contributed by atoms with Gasteiger partial charge in [-0.2, -0.15) is 0 Å². The minimum atomic E-state index is -0.879. The largest absolute Gasteiger partial charge is 0.478 e. The molecule has 4 N–H and O–H groups in total. The lowest BCUT2D eigenvalue weighted by Crippen LogP contribution is -1.93. The molecule has 0 aromatic heterocycles. The van der Waals surface area contributed by atoms with Crippen molar-refractivity contribution in [3.63, 3.8) is 0 Å². The Hall–Kier alpha value is -1.35. The van der Waals surface area contributed by atoms with Gasteiger partial charge < -0.3 is 11.3 Å². The Morgan fingerprint density at radius 3 is 1.91 bits per heavy atom. The number of rotatable bonds is 1. The van der Waals surface area contributed by atoms with E-state index in [2.05, 4.69) is 0 Å². The summed E-state index contributed by atoms with van der Waals surface area (Å²) in [6.07, 6.45) is 0. The lowest BCUT2D eigenvalue weighted by Gasteiger charge is -1.88. The minimum Gasteiger partial charge on any atom is -0.478 e. The Labute approximate surface area is 66.3 Å². The van der Waals surface area contributed by atoms with Gasteiger partial charge in [-0.3, -0.25) is 0 Å². The van der Waals surface area contributed by atoms with E-state index in [0.29, 0.717) is 5.56 Å². The van der Waals surface area contributed by atoms with Gasteiger partial charge in [-0.25, -0.2) is 4.79 Å². The molecule has 0 amide bonds. The Bertz CT molecular complexity index is 209. The molecule has 3 nitrogen and oxygen atoms in total. The molecule has 1 aromatic rings. The van der Waals surface area contributed by atoms with Crippen LogP contribution in [0.2, 0.25) is 0 Å². The molecule has 3 heteroatoms. The Morgan fingerprint density at radius 1 is 1.18 bits per heavy atom. The summed E-state index contributed by atoms with van der Waals surface area (Å²) in [4.78, 5) is 10.2. The number of hydrogen-bond donors (Lipinski definition) is 2. The quantitative estimate of drug-likeness (QED) is 0.652. The molecular weight excluding hydrogens is 142 g/mol. The SMILES string of the molecule is C.N.O=C(O)c1ccccc1. The second kappa shape index (κ2) is 5.44. The van der Waals surface area contributed by atoms with Gasteiger partial charge in [0.2, 0.25) is 0 Å². The molecule has 1 aromatic carbocycles. The van der Waals surface area contributed by atoms with Gasteiger partial charge in [0.1, 0.15) is 0 Å². The van der Waals surface area contributed by atoms with Crippen molar-refractivity contribution in [2.45, 2.75) is 7.43 Å². The fraction of sp³-hybridized carbons (Fsp3) is 0.125. The summed E-state index contributed by atoms with van der Waals surface area (Å²) in [5.74, 6) is -0.879. The molecule has 62 valence electrons. The molecule has 0 aliphatic rings. The first-order chi connectivity index (χ1) is 4.30. The van der Waals surface area contributed by atoms with E-state index in [4.69, 9.17) is 5.11 Å². The molecule has 0 radical (unpaired) electrons. The van der Waals surface area contributed by atoms with Crippen LogP contribution in [0.3, 0.4) is 0 Å². The van der Waals surface area contributed by atoms with Crippen molar-refractivity contribution in [3.05, 3.63) is 35.9 Å². The lowest BCUT2D eigenvalue weighted by molar-refractivity contribution is 0.0697. The van der Waals surface area contributed by atoms with E-state index >= 15 is 0 Å². The van der Waals surface area contributed by atoms with Crippen molar-refractivity contribution in [1.29, 1.82) is 0 Å². The first-order valence-corrected chi connectivity index (χ1v) is 2.59. The highest BCUT2D eigenvalue weighted by atomic mass is 16.4. The number of benzene rings is 1. The van der Waals surface area contributed by atoms with Gasteiger partial charge in [-0.15, -0.1) is 0 Å². The average molecular weight is 155 g/mol. The number of carboxylic acid groups (broad SMARTS) is 1. The van der Waals surface area contributed by atoms with Crippen LogP contribution in [0.4, 0.5) is 0 Å². The zero-order valence-corrected chi connectivity index (χ0v) is 5.45. The van der Waals surface area contributed by atoms with Crippen LogP contribution in [0.5, 0.6) is 0 Å². The highest BCUT2D eigenvalue weighted by Crippen LogP contribution is 1.96. The standard InChI is InChI=1S/C7H6O2.CH4.H3N/c8-7(9)6-4-2-1-3-5-6;;/h1-5H,(H,8,9);1H4;1H3. The second-order valence-corrected chi connectivity index (χ2v) is 1.67. The maximum absolute atomic E-state index is 10.2. The second-order valence-electron chi connectivity index (χ2n) is 1.67. The van der Waals surface area contributed by atoms with E-state index in [9.17, 15) is 4.79 Å². The molecule has 0 bridgehead atoms. The summed E-state index contributed by atoms with van der Waals surface area (Å²) >= 11 is 0. The van der Waals surface area contributed by atoms with Crippen molar-refractivity contribution in [3.8, 4) is 0 Å². The molecule has 0 fully saturated rings. The number of carboxylic acids is 1. The third kappa shape index (κ3) is 3.37. The normalized spacial score (nSPS) is 7.27. The lowest BCUT2D eigenvalue weighted by atomic mass is 10.2. The molecule has 11 heavy (non-hydrogen) atoms. The molecular formula is C8H13NO2. The highest BCUT2D eigenvalue weighted by Gasteiger charge is 1.96. The summed E-state index contributed by atoms with van der Waals surface area (Å²) in [6, 6.07) is 8.30. The predicted molar refractivity (Wildman–Crippen MR) is 45.2 cm³/mol. The van der Waals surface area contributed by atoms with Crippen LogP contribution in [0.15, 0.2) is 30.3 Å². The van der Waals surface area contributed by atoms with E-state index in [0.717, 1.165) is 0 Å². The topological polar surface area (TPSA) is 72.3 Å². The third-order valence-electron chi connectivity index (χ3n) is 1.02. The third-order valence-corrected chi connectivity index (χ3v) is 1.02.